The molecule has 1 aliphatic rings. The minimum atomic E-state index is 0.403. The Morgan fingerprint density at radius 2 is 0.971 bits per heavy atom. The van der Waals surface area contributed by atoms with Crippen LogP contribution in [-0.2, 0) is 30.8 Å². The highest BCUT2D eigenvalue weighted by Crippen LogP contribution is 2.36. The van der Waals surface area contributed by atoms with Gasteiger partial charge in [-0.15, -0.1) is 0 Å². The molecule has 0 aliphatic carbocycles. The van der Waals surface area contributed by atoms with Crippen LogP contribution in [0.2, 0.25) is 0 Å². The molecule has 0 saturated heterocycles. The largest absolute Gasteiger partial charge is 0.487 e. The second kappa shape index (κ2) is 15.6. The third-order valence-electron chi connectivity index (χ3n) is 5.08. The number of hydrogen-bond acceptors (Lipinski definition) is 6. The molecular formula is C24H28Br4O6. The Kier molecular flexibility index (Phi) is 12.8. The van der Waals surface area contributed by atoms with Crippen molar-refractivity contribution >= 4 is 63.7 Å². The van der Waals surface area contributed by atoms with E-state index in [9.17, 15) is 0 Å². The third kappa shape index (κ3) is 8.00. The van der Waals surface area contributed by atoms with Gasteiger partial charge in [0.05, 0.1) is 26.4 Å². The molecule has 0 spiro atoms. The van der Waals surface area contributed by atoms with Crippen molar-refractivity contribution in [2.24, 2.45) is 0 Å². The zero-order chi connectivity index (χ0) is 24.2. The summed E-state index contributed by atoms with van der Waals surface area (Å²) >= 11 is 14.2. The van der Waals surface area contributed by atoms with Crippen molar-refractivity contribution in [3.63, 3.8) is 0 Å². The Labute approximate surface area is 234 Å². The summed E-state index contributed by atoms with van der Waals surface area (Å²) in [6.45, 7) is 3.37. The second-order valence-corrected chi connectivity index (χ2v) is 9.49. The molecule has 2 aromatic carbocycles. The number of benzene rings is 2. The zero-order valence-corrected chi connectivity index (χ0v) is 25.1. The summed E-state index contributed by atoms with van der Waals surface area (Å²) in [6, 6.07) is 8.00. The lowest BCUT2D eigenvalue weighted by Crippen LogP contribution is -2.16. The normalized spacial score (nSPS) is 15.9. The molecule has 1 aliphatic heterocycles. The first-order chi connectivity index (χ1) is 16.7. The fraction of sp³-hybridized carbons (Fsp3) is 0.500. The van der Waals surface area contributed by atoms with Crippen LogP contribution in [0.5, 0.6) is 23.0 Å². The highest BCUT2D eigenvalue weighted by Gasteiger charge is 2.16. The maximum absolute atomic E-state index is 6.10. The SMILES string of the molecule is BrCc1cc2c(cc1CBr)OCCOCCOc1c(ccc(CBr)c1CBr)OCCOCCO2. The number of rotatable bonds is 4. The zero-order valence-electron chi connectivity index (χ0n) is 18.8. The van der Waals surface area contributed by atoms with E-state index in [1.54, 1.807) is 0 Å². The van der Waals surface area contributed by atoms with Crippen LogP contribution in [0, 0.1) is 0 Å². The Hall–Kier alpha value is -0.520. The summed E-state index contributed by atoms with van der Waals surface area (Å²) in [5.41, 5.74) is 4.50. The molecule has 0 N–H and O–H groups in total. The molecule has 0 unspecified atom stereocenters. The van der Waals surface area contributed by atoms with Crippen molar-refractivity contribution in [3.05, 3.63) is 46.5 Å². The molecule has 0 fully saturated rings. The van der Waals surface area contributed by atoms with E-state index in [1.165, 1.54) is 0 Å². The van der Waals surface area contributed by atoms with Gasteiger partial charge >= 0.3 is 0 Å². The van der Waals surface area contributed by atoms with Gasteiger partial charge in [0.15, 0.2) is 23.0 Å². The van der Waals surface area contributed by atoms with Crippen molar-refractivity contribution < 1.29 is 28.4 Å². The molecule has 34 heavy (non-hydrogen) atoms. The number of halogens is 4. The minimum Gasteiger partial charge on any atom is -0.487 e. The van der Waals surface area contributed by atoms with Crippen LogP contribution in [0.4, 0.5) is 0 Å². The molecule has 10 heteroatoms. The lowest BCUT2D eigenvalue weighted by Gasteiger charge is -2.19. The van der Waals surface area contributed by atoms with E-state index < -0.39 is 0 Å². The van der Waals surface area contributed by atoms with Gasteiger partial charge in [-0.25, -0.2) is 0 Å². The van der Waals surface area contributed by atoms with Crippen molar-refractivity contribution in [2.45, 2.75) is 21.3 Å². The van der Waals surface area contributed by atoms with Crippen molar-refractivity contribution in [1.82, 2.24) is 0 Å². The van der Waals surface area contributed by atoms with E-state index in [1.807, 2.05) is 24.3 Å². The summed E-state index contributed by atoms with van der Waals surface area (Å²) in [6.07, 6.45) is 0. The van der Waals surface area contributed by atoms with Gasteiger partial charge in [0, 0.05) is 26.9 Å². The van der Waals surface area contributed by atoms with E-state index >= 15 is 0 Å². The van der Waals surface area contributed by atoms with Crippen LogP contribution in [0.15, 0.2) is 24.3 Å². The summed E-state index contributed by atoms with van der Waals surface area (Å²) in [5, 5.41) is 2.86. The van der Waals surface area contributed by atoms with Crippen LogP contribution in [0.1, 0.15) is 22.3 Å². The van der Waals surface area contributed by atoms with E-state index in [2.05, 4.69) is 63.7 Å². The standard InChI is InChI=1S/C24H28Br4O6/c25-13-17-1-2-21-24(20(17)16-28)34-10-6-30-5-9-33-23-12-19(15-27)18(14-26)11-22(23)32-8-4-29-3-7-31-21/h1-2,11-12H,3-10,13-16H2. The number of fused-ring (bicyclic) bond motifs is 2. The quantitative estimate of drug-likeness (QED) is 0.334. The molecule has 0 amide bonds. The first-order valence-electron chi connectivity index (χ1n) is 10.9. The predicted molar refractivity (Wildman–Crippen MR) is 147 cm³/mol. The van der Waals surface area contributed by atoms with Gasteiger partial charge in [0.1, 0.15) is 26.4 Å². The monoisotopic (exact) mass is 728 g/mol. The molecule has 0 aromatic heterocycles. The van der Waals surface area contributed by atoms with Crippen LogP contribution in [-0.4, -0.2) is 52.9 Å². The van der Waals surface area contributed by atoms with Gasteiger partial charge in [-0.2, -0.15) is 0 Å². The van der Waals surface area contributed by atoms with E-state index in [0.717, 1.165) is 44.0 Å². The van der Waals surface area contributed by atoms with Gasteiger partial charge < -0.3 is 28.4 Å². The third-order valence-corrected chi connectivity index (χ3v) is 7.46. The number of hydrogen-bond donors (Lipinski definition) is 0. The number of ether oxygens (including phenoxy) is 6. The molecule has 0 atom stereocenters. The minimum absolute atomic E-state index is 0.403. The van der Waals surface area contributed by atoms with Crippen molar-refractivity contribution in [2.75, 3.05) is 52.9 Å². The van der Waals surface area contributed by atoms with Gasteiger partial charge in [-0.1, -0.05) is 69.8 Å². The highest BCUT2D eigenvalue weighted by molar-refractivity contribution is 9.09. The molecule has 0 saturated carbocycles. The summed E-state index contributed by atoms with van der Waals surface area (Å²) in [4.78, 5) is 0. The summed E-state index contributed by atoms with van der Waals surface area (Å²) in [7, 11) is 0. The van der Waals surface area contributed by atoms with Crippen molar-refractivity contribution in [3.8, 4) is 23.0 Å². The average Bonchev–Trinajstić information content (AvgIpc) is 2.87. The van der Waals surface area contributed by atoms with Gasteiger partial charge in [-0.05, 0) is 34.9 Å². The molecule has 3 rings (SSSR count). The molecule has 0 bridgehead atoms. The van der Waals surface area contributed by atoms with Crippen LogP contribution in [0.25, 0.3) is 0 Å². The Morgan fingerprint density at radius 1 is 0.500 bits per heavy atom. The number of alkyl halides is 4. The Balaban J connectivity index is 1.70. The molecule has 188 valence electrons. The first-order valence-corrected chi connectivity index (χ1v) is 15.4. The lowest BCUT2D eigenvalue weighted by atomic mass is 10.1. The maximum atomic E-state index is 6.10. The maximum Gasteiger partial charge on any atom is 0.165 e. The Bertz CT molecular complexity index is 904. The van der Waals surface area contributed by atoms with Crippen LogP contribution < -0.4 is 18.9 Å². The molecule has 1 heterocycles. The Morgan fingerprint density at radius 3 is 1.44 bits per heavy atom. The fourth-order valence-corrected chi connectivity index (χ4v) is 5.53. The van der Waals surface area contributed by atoms with Crippen LogP contribution in [0.3, 0.4) is 0 Å². The average molecular weight is 732 g/mol. The van der Waals surface area contributed by atoms with Gasteiger partial charge in [0.2, 0.25) is 0 Å². The van der Waals surface area contributed by atoms with Gasteiger partial charge in [0.25, 0.3) is 0 Å². The molecular weight excluding hydrogens is 704 g/mol. The topological polar surface area (TPSA) is 55.4 Å². The summed E-state index contributed by atoms with van der Waals surface area (Å²) in [5.74, 6) is 2.82. The summed E-state index contributed by atoms with van der Waals surface area (Å²) < 4.78 is 35.6. The fourth-order valence-electron chi connectivity index (χ4n) is 3.35. The first kappa shape index (κ1) is 28.1. The van der Waals surface area contributed by atoms with E-state index in [0.29, 0.717) is 75.4 Å². The molecule has 2 aromatic rings. The van der Waals surface area contributed by atoms with E-state index in [-0.39, 0.29) is 0 Å². The van der Waals surface area contributed by atoms with Gasteiger partial charge in [-0.3, -0.25) is 0 Å². The lowest BCUT2D eigenvalue weighted by molar-refractivity contribution is 0.0638. The predicted octanol–water partition coefficient (Wildman–Crippen LogP) is 6.53. The smallest absolute Gasteiger partial charge is 0.165 e. The molecule has 0 radical (unpaired) electrons. The second-order valence-electron chi connectivity index (χ2n) is 7.25. The van der Waals surface area contributed by atoms with E-state index in [4.69, 9.17) is 28.4 Å². The van der Waals surface area contributed by atoms with Crippen molar-refractivity contribution in [1.29, 1.82) is 0 Å². The van der Waals surface area contributed by atoms with Crippen LogP contribution >= 0.6 is 63.7 Å². The molecule has 6 nitrogen and oxygen atoms in total. The highest BCUT2D eigenvalue weighted by atomic mass is 79.9.